The van der Waals surface area contributed by atoms with Gasteiger partial charge in [-0.1, -0.05) is 48.5 Å². The number of nitrogens with zero attached hydrogens (tertiary/aromatic N) is 1. The number of amides is 1. The van der Waals surface area contributed by atoms with Crippen LogP contribution < -0.4 is 14.4 Å². The van der Waals surface area contributed by atoms with E-state index in [4.69, 9.17) is 9.47 Å². The Morgan fingerprint density at radius 2 is 1.69 bits per heavy atom. The van der Waals surface area contributed by atoms with Crippen LogP contribution in [0.3, 0.4) is 0 Å². The van der Waals surface area contributed by atoms with Crippen LogP contribution in [0.5, 0.6) is 11.5 Å². The molecule has 0 aliphatic carbocycles. The molecule has 32 heavy (non-hydrogen) atoms. The summed E-state index contributed by atoms with van der Waals surface area (Å²) in [5.41, 5.74) is 1.56. The topological polar surface area (TPSA) is 76.1 Å². The second-order valence-corrected chi connectivity index (χ2v) is 7.21. The van der Waals surface area contributed by atoms with Crippen LogP contribution in [0.1, 0.15) is 24.1 Å². The molecule has 1 aliphatic rings. The minimum atomic E-state index is -0.807. The normalized spacial score (nSPS) is 17.4. The average Bonchev–Trinajstić information content (AvgIpc) is 3.10. The molecule has 1 aliphatic heterocycles. The highest BCUT2D eigenvalue weighted by Crippen LogP contribution is 2.43. The van der Waals surface area contributed by atoms with Crippen molar-refractivity contribution in [2.24, 2.45) is 0 Å². The predicted molar refractivity (Wildman–Crippen MR) is 122 cm³/mol. The van der Waals surface area contributed by atoms with Crippen LogP contribution in [0.25, 0.3) is 5.76 Å². The molecule has 0 saturated carbocycles. The summed E-state index contributed by atoms with van der Waals surface area (Å²) in [5.74, 6) is -0.768. The van der Waals surface area contributed by atoms with Gasteiger partial charge in [0.2, 0.25) is 0 Å². The average molecular weight is 429 g/mol. The number of hydrogen-bond donors (Lipinski definition) is 1. The third kappa shape index (κ3) is 3.71. The van der Waals surface area contributed by atoms with E-state index in [-0.39, 0.29) is 11.3 Å². The number of anilines is 1. The van der Waals surface area contributed by atoms with E-state index < -0.39 is 17.7 Å². The lowest BCUT2D eigenvalue weighted by Gasteiger charge is -2.26. The largest absolute Gasteiger partial charge is 0.507 e. The summed E-state index contributed by atoms with van der Waals surface area (Å²) in [5, 5.41) is 11.2. The monoisotopic (exact) mass is 429 g/mol. The Morgan fingerprint density at radius 1 is 0.969 bits per heavy atom. The van der Waals surface area contributed by atoms with Gasteiger partial charge in [0.1, 0.15) is 17.3 Å². The van der Waals surface area contributed by atoms with E-state index in [1.165, 1.54) is 12.0 Å². The smallest absolute Gasteiger partial charge is 0.300 e. The summed E-state index contributed by atoms with van der Waals surface area (Å²) >= 11 is 0. The van der Waals surface area contributed by atoms with Crippen molar-refractivity contribution in [2.45, 2.75) is 13.0 Å². The molecule has 1 fully saturated rings. The number of Topliss-reactive ketones (excluding diaryl/α,β-unsaturated/α-hetero) is 1. The highest BCUT2D eigenvalue weighted by molar-refractivity contribution is 6.51. The minimum Gasteiger partial charge on any atom is -0.507 e. The number of aliphatic hydroxyl groups is 1. The van der Waals surface area contributed by atoms with E-state index in [0.717, 1.165) is 0 Å². The SMILES string of the molecule is CCOc1cccc(N2C(=O)C(=O)/C(=C(/O)c3ccccc3OC)C2c2ccccc2)c1. The maximum Gasteiger partial charge on any atom is 0.300 e. The van der Waals surface area contributed by atoms with Gasteiger partial charge in [-0.2, -0.15) is 0 Å². The van der Waals surface area contributed by atoms with Crippen LogP contribution in [-0.4, -0.2) is 30.5 Å². The molecule has 1 unspecified atom stereocenters. The molecule has 1 amide bonds. The van der Waals surface area contributed by atoms with Crippen LogP contribution in [0.4, 0.5) is 5.69 Å². The van der Waals surface area contributed by atoms with Gasteiger partial charge in [0.25, 0.3) is 11.7 Å². The first-order chi connectivity index (χ1) is 15.6. The molecule has 0 radical (unpaired) electrons. The number of rotatable bonds is 6. The highest BCUT2D eigenvalue weighted by Gasteiger charge is 2.47. The molecule has 1 atom stereocenters. The van der Waals surface area contributed by atoms with Crippen LogP contribution in [-0.2, 0) is 9.59 Å². The molecule has 0 bridgehead atoms. The molecule has 162 valence electrons. The highest BCUT2D eigenvalue weighted by atomic mass is 16.5. The molecule has 6 heteroatoms. The van der Waals surface area contributed by atoms with Crippen molar-refractivity contribution >= 4 is 23.1 Å². The number of aliphatic hydroxyl groups excluding tert-OH is 1. The van der Waals surface area contributed by atoms with Crippen LogP contribution in [0.2, 0.25) is 0 Å². The number of para-hydroxylation sites is 1. The Hall–Kier alpha value is -4.06. The van der Waals surface area contributed by atoms with E-state index in [1.54, 1.807) is 48.5 Å². The Morgan fingerprint density at radius 3 is 2.41 bits per heavy atom. The lowest BCUT2D eigenvalue weighted by Crippen LogP contribution is -2.29. The third-order valence-electron chi connectivity index (χ3n) is 5.33. The summed E-state index contributed by atoms with van der Waals surface area (Å²) in [6, 6.07) is 22.2. The first-order valence-corrected chi connectivity index (χ1v) is 10.3. The first-order valence-electron chi connectivity index (χ1n) is 10.3. The maximum atomic E-state index is 13.2. The summed E-state index contributed by atoms with van der Waals surface area (Å²) in [6.45, 7) is 2.34. The van der Waals surface area contributed by atoms with Gasteiger partial charge in [0.05, 0.1) is 30.9 Å². The van der Waals surface area contributed by atoms with Gasteiger partial charge in [-0.05, 0) is 36.8 Å². The lowest BCUT2D eigenvalue weighted by molar-refractivity contribution is -0.132. The molecular formula is C26H23NO5. The van der Waals surface area contributed by atoms with E-state index in [9.17, 15) is 14.7 Å². The van der Waals surface area contributed by atoms with Crippen molar-refractivity contribution in [1.29, 1.82) is 0 Å². The molecule has 3 aromatic rings. The molecule has 6 nitrogen and oxygen atoms in total. The Kier molecular flexibility index (Phi) is 5.94. The molecule has 1 N–H and O–H groups in total. The van der Waals surface area contributed by atoms with Crippen LogP contribution in [0, 0.1) is 0 Å². The van der Waals surface area contributed by atoms with Crippen molar-refractivity contribution in [3.8, 4) is 11.5 Å². The summed E-state index contributed by atoms with van der Waals surface area (Å²) in [6.07, 6.45) is 0. The molecular weight excluding hydrogens is 406 g/mol. The molecule has 0 aromatic heterocycles. The predicted octanol–water partition coefficient (Wildman–Crippen LogP) is 4.72. The van der Waals surface area contributed by atoms with Gasteiger partial charge in [-0.3, -0.25) is 14.5 Å². The second-order valence-electron chi connectivity index (χ2n) is 7.21. The minimum absolute atomic E-state index is 0.00696. The first kappa shape index (κ1) is 21.2. The zero-order chi connectivity index (χ0) is 22.7. The third-order valence-corrected chi connectivity index (χ3v) is 5.33. The number of carbonyl (C=O) groups excluding carboxylic acids is 2. The van der Waals surface area contributed by atoms with E-state index in [0.29, 0.717) is 34.9 Å². The van der Waals surface area contributed by atoms with Crippen molar-refractivity contribution in [3.05, 3.63) is 95.6 Å². The number of hydrogen-bond acceptors (Lipinski definition) is 5. The van der Waals surface area contributed by atoms with Gasteiger partial charge in [-0.25, -0.2) is 0 Å². The van der Waals surface area contributed by atoms with E-state index in [1.807, 2.05) is 37.3 Å². The van der Waals surface area contributed by atoms with Crippen molar-refractivity contribution in [2.75, 3.05) is 18.6 Å². The number of benzene rings is 3. The lowest BCUT2D eigenvalue weighted by atomic mass is 9.95. The molecule has 4 rings (SSSR count). The van der Waals surface area contributed by atoms with E-state index >= 15 is 0 Å². The second kappa shape index (κ2) is 8.98. The molecule has 1 saturated heterocycles. The van der Waals surface area contributed by atoms with Crippen molar-refractivity contribution in [1.82, 2.24) is 0 Å². The Labute approximate surface area is 186 Å². The molecule has 3 aromatic carbocycles. The summed E-state index contributed by atoms with van der Waals surface area (Å²) in [4.78, 5) is 27.8. The van der Waals surface area contributed by atoms with Gasteiger partial charge >= 0.3 is 0 Å². The number of ether oxygens (including phenoxy) is 2. The van der Waals surface area contributed by atoms with Gasteiger partial charge < -0.3 is 14.6 Å². The van der Waals surface area contributed by atoms with Crippen LogP contribution in [0.15, 0.2) is 84.4 Å². The fourth-order valence-corrected chi connectivity index (χ4v) is 3.92. The Bertz CT molecular complexity index is 1190. The summed E-state index contributed by atoms with van der Waals surface area (Å²) in [7, 11) is 1.48. The van der Waals surface area contributed by atoms with E-state index in [2.05, 4.69) is 0 Å². The molecule has 1 heterocycles. The van der Waals surface area contributed by atoms with Gasteiger partial charge in [-0.15, -0.1) is 0 Å². The van der Waals surface area contributed by atoms with Gasteiger partial charge in [0.15, 0.2) is 0 Å². The zero-order valence-electron chi connectivity index (χ0n) is 17.8. The molecule has 0 spiro atoms. The quantitative estimate of drug-likeness (QED) is 0.349. The number of ketones is 1. The standard InChI is InChI=1S/C26H23NO5/c1-3-32-19-13-9-12-18(16-19)27-23(17-10-5-4-6-11-17)22(25(29)26(27)30)24(28)20-14-7-8-15-21(20)31-2/h4-16,23,28H,3H2,1-2H3/b24-22+. The van der Waals surface area contributed by atoms with Crippen molar-refractivity contribution < 1.29 is 24.2 Å². The Balaban J connectivity index is 1.94. The van der Waals surface area contributed by atoms with Crippen molar-refractivity contribution in [3.63, 3.8) is 0 Å². The summed E-state index contributed by atoms with van der Waals surface area (Å²) < 4.78 is 10.9. The maximum absolute atomic E-state index is 13.2. The number of methoxy groups -OCH3 is 1. The van der Waals surface area contributed by atoms with Gasteiger partial charge in [0, 0.05) is 11.8 Å². The van der Waals surface area contributed by atoms with Crippen LogP contribution >= 0.6 is 0 Å². The fraction of sp³-hybridized carbons (Fsp3) is 0.154. The number of carbonyl (C=O) groups is 2. The zero-order valence-corrected chi connectivity index (χ0v) is 17.8. The fourth-order valence-electron chi connectivity index (χ4n) is 3.92.